The van der Waals surface area contributed by atoms with Crippen LogP contribution in [0.5, 0.6) is 0 Å². The molecule has 0 amide bonds. The van der Waals surface area contributed by atoms with Gasteiger partial charge in [-0.25, -0.2) is 9.78 Å². The number of nitrogens with zero attached hydrogens (tertiary/aromatic N) is 2. The van der Waals surface area contributed by atoms with E-state index >= 15 is 0 Å². The van der Waals surface area contributed by atoms with E-state index in [4.69, 9.17) is 5.11 Å². The van der Waals surface area contributed by atoms with Crippen molar-refractivity contribution in [2.75, 3.05) is 20.2 Å². The van der Waals surface area contributed by atoms with Crippen molar-refractivity contribution in [1.82, 2.24) is 9.88 Å². The zero-order chi connectivity index (χ0) is 15.2. The molecule has 0 fully saturated rings. The van der Waals surface area contributed by atoms with Crippen molar-refractivity contribution in [3.05, 3.63) is 51.5 Å². The fraction of sp³-hybridized carbons (Fsp3) is 0.333. The number of carboxylic acids is 1. The van der Waals surface area contributed by atoms with Crippen molar-refractivity contribution >= 4 is 17.3 Å². The first-order valence-corrected chi connectivity index (χ1v) is 7.47. The molecule has 2 aromatic rings. The Morgan fingerprint density at radius 3 is 2.67 bits per heavy atom. The second kappa shape index (κ2) is 7.31. The molecule has 5 nitrogen and oxygen atoms in total. The summed E-state index contributed by atoms with van der Waals surface area (Å²) in [5, 5.41) is 19.0. The molecule has 6 heteroatoms. The molecule has 0 bridgehead atoms. The monoisotopic (exact) mass is 306 g/mol. The first-order valence-electron chi connectivity index (χ1n) is 6.65. The van der Waals surface area contributed by atoms with E-state index in [1.165, 1.54) is 11.3 Å². The number of likely N-dealkylation sites (N-methyl/N-ethyl adjacent to an activating group) is 1. The van der Waals surface area contributed by atoms with Gasteiger partial charge in [0.25, 0.3) is 0 Å². The van der Waals surface area contributed by atoms with Gasteiger partial charge in [-0.3, -0.25) is 4.90 Å². The first kappa shape index (κ1) is 15.6. The van der Waals surface area contributed by atoms with Crippen molar-refractivity contribution in [1.29, 1.82) is 0 Å². The summed E-state index contributed by atoms with van der Waals surface area (Å²) in [6.45, 7) is 1.04. The maximum atomic E-state index is 11.3. The highest BCUT2D eigenvalue weighted by molar-refractivity contribution is 7.11. The van der Waals surface area contributed by atoms with Gasteiger partial charge in [-0.1, -0.05) is 30.3 Å². The Morgan fingerprint density at radius 2 is 2.05 bits per heavy atom. The van der Waals surface area contributed by atoms with E-state index in [1.807, 2.05) is 42.3 Å². The number of hydrogen-bond acceptors (Lipinski definition) is 5. The average Bonchev–Trinajstić information content (AvgIpc) is 2.83. The fourth-order valence-corrected chi connectivity index (χ4v) is 3.19. The van der Waals surface area contributed by atoms with Crippen LogP contribution in [0, 0.1) is 0 Å². The molecule has 0 atom stereocenters. The molecule has 1 aromatic carbocycles. The molecule has 2 N–H and O–H groups in total. The normalized spacial score (nSPS) is 11.0. The van der Waals surface area contributed by atoms with Crippen molar-refractivity contribution in [2.45, 2.75) is 13.0 Å². The highest BCUT2D eigenvalue weighted by atomic mass is 32.1. The number of aromatic carboxylic acids is 1. The van der Waals surface area contributed by atoms with E-state index in [9.17, 15) is 9.90 Å². The molecular weight excluding hydrogens is 288 g/mol. The zero-order valence-electron chi connectivity index (χ0n) is 11.8. The van der Waals surface area contributed by atoms with E-state index in [2.05, 4.69) is 4.98 Å². The average molecular weight is 306 g/mol. The Labute approximate surface area is 127 Å². The topological polar surface area (TPSA) is 73.7 Å². The third-order valence-electron chi connectivity index (χ3n) is 3.04. The minimum absolute atomic E-state index is 0.0502. The van der Waals surface area contributed by atoms with Crippen LogP contribution < -0.4 is 0 Å². The van der Waals surface area contributed by atoms with Gasteiger partial charge < -0.3 is 10.2 Å². The lowest BCUT2D eigenvalue weighted by atomic mass is 10.2. The number of thiazole rings is 1. The van der Waals surface area contributed by atoms with Gasteiger partial charge in [-0.15, -0.1) is 11.3 Å². The van der Waals surface area contributed by atoms with Crippen LogP contribution in [0.25, 0.3) is 0 Å². The van der Waals surface area contributed by atoms with Gasteiger partial charge >= 0.3 is 5.97 Å². The Bertz CT molecular complexity index is 598. The molecule has 1 heterocycles. The number of benzene rings is 1. The SMILES string of the molecule is CN(CCO)Cc1sc(Cc2ccccc2)nc1C(=O)O. The minimum Gasteiger partial charge on any atom is -0.476 e. The van der Waals surface area contributed by atoms with Crippen molar-refractivity contribution < 1.29 is 15.0 Å². The van der Waals surface area contributed by atoms with Crippen molar-refractivity contribution in [2.24, 2.45) is 0 Å². The molecule has 0 spiro atoms. The van der Waals surface area contributed by atoms with Crippen molar-refractivity contribution in [3.63, 3.8) is 0 Å². The van der Waals surface area contributed by atoms with Crippen LogP contribution in [-0.2, 0) is 13.0 Å². The van der Waals surface area contributed by atoms with Crippen LogP contribution in [0.3, 0.4) is 0 Å². The van der Waals surface area contributed by atoms with E-state index in [0.29, 0.717) is 19.5 Å². The van der Waals surface area contributed by atoms with Gasteiger partial charge in [0.2, 0.25) is 0 Å². The van der Waals surface area contributed by atoms with Crippen LogP contribution in [-0.4, -0.2) is 46.3 Å². The van der Waals surface area contributed by atoms with Crippen LogP contribution in [0.15, 0.2) is 30.3 Å². The molecule has 0 radical (unpaired) electrons. The molecule has 0 saturated carbocycles. The van der Waals surface area contributed by atoms with E-state index < -0.39 is 5.97 Å². The van der Waals surface area contributed by atoms with Gasteiger partial charge in [0.05, 0.1) is 16.5 Å². The number of rotatable bonds is 7. The summed E-state index contributed by atoms with van der Waals surface area (Å²) >= 11 is 1.42. The minimum atomic E-state index is -1.00. The summed E-state index contributed by atoms with van der Waals surface area (Å²) in [5.74, 6) is -1.00. The molecule has 0 unspecified atom stereocenters. The second-order valence-electron chi connectivity index (χ2n) is 4.81. The van der Waals surface area contributed by atoms with Crippen LogP contribution in [0.2, 0.25) is 0 Å². The lowest BCUT2D eigenvalue weighted by molar-refractivity contribution is 0.0689. The molecule has 2 rings (SSSR count). The number of carbonyl (C=O) groups is 1. The molecule has 21 heavy (non-hydrogen) atoms. The van der Waals surface area contributed by atoms with Gasteiger partial charge in [0.1, 0.15) is 0 Å². The molecule has 112 valence electrons. The Kier molecular flexibility index (Phi) is 5.44. The number of aliphatic hydroxyl groups excluding tert-OH is 1. The van der Waals surface area contributed by atoms with Crippen molar-refractivity contribution in [3.8, 4) is 0 Å². The Balaban J connectivity index is 2.18. The highest BCUT2D eigenvalue weighted by Crippen LogP contribution is 2.22. The lowest BCUT2D eigenvalue weighted by Gasteiger charge is -2.13. The van der Waals surface area contributed by atoms with E-state index in [-0.39, 0.29) is 12.3 Å². The van der Waals surface area contributed by atoms with Gasteiger partial charge in [-0.2, -0.15) is 0 Å². The molecular formula is C15H18N2O3S. The smallest absolute Gasteiger partial charge is 0.355 e. The number of aliphatic hydroxyl groups is 1. The van der Waals surface area contributed by atoms with E-state index in [0.717, 1.165) is 15.4 Å². The quantitative estimate of drug-likeness (QED) is 0.817. The molecule has 0 aliphatic rings. The summed E-state index contributed by atoms with van der Waals surface area (Å²) < 4.78 is 0. The standard InChI is InChI=1S/C15H18N2O3S/c1-17(7-8-18)10-12-14(15(19)20)16-13(21-12)9-11-5-3-2-4-6-11/h2-6,18H,7-10H2,1H3,(H,19,20). The zero-order valence-corrected chi connectivity index (χ0v) is 12.6. The maximum Gasteiger partial charge on any atom is 0.355 e. The summed E-state index contributed by atoms with van der Waals surface area (Å²) in [7, 11) is 1.85. The summed E-state index contributed by atoms with van der Waals surface area (Å²) in [5.41, 5.74) is 1.23. The lowest BCUT2D eigenvalue weighted by Crippen LogP contribution is -2.22. The third kappa shape index (κ3) is 4.35. The molecule has 1 aromatic heterocycles. The fourth-order valence-electron chi connectivity index (χ4n) is 2.02. The summed E-state index contributed by atoms with van der Waals surface area (Å²) in [4.78, 5) is 18.2. The Hall–Kier alpha value is -1.76. The predicted molar refractivity (Wildman–Crippen MR) is 81.7 cm³/mol. The maximum absolute atomic E-state index is 11.3. The number of hydrogen-bond donors (Lipinski definition) is 2. The predicted octanol–water partition coefficient (Wildman–Crippen LogP) is 1.86. The number of aromatic nitrogens is 1. The molecule has 0 saturated heterocycles. The van der Waals surface area contributed by atoms with Crippen LogP contribution in [0.1, 0.15) is 25.9 Å². The molecule has 0 aliphatic carbocycles. The molecule has 0 aliphatic heterocycles. The van der Waals surface area contributed by atoms with E-state index in [1.54, 1.807) is 0 Å². The number of carboxylic acid groups (broad SMARTS) is 1. The Morgan fingerprint density at radius 1 is 1.33 bits per heavy atom. The largest absolute Gasteiger partial charge is 0.476 e. The van der Waals surface area contributed by atoms with Gasteiger partial charge in [0, 0.05) is 19.5 Å². The highest BCUT2D eigenvalue weighted by Gasteiger charge is 2.18. The third-order valence-corrected chi connectivity index (χ3v) is 4.08. The van der Waals surface area contributed by atoms with Gasteiger partial charge in [-0.05, 0) is 12.6 Å². The summed E-state index contributed by atoms with van der Waals surface area (Å²) in [6.07, 6.45) is 0.634. The van der Waals surface area contributed by atoms with Crippen LogP contribution in [0.4, 0.5) is 0 Å². The second-order valence-corrected chi connectivity index (χ2v) is 5.98. The van der Waals surface area contributed by atoms with Gasteiger partial charge in [0.15, 0.2) is 5.69 Å². The summed E-state index contributed by atoms with van der Waals surface area (Å²) in [6, 6.07) is 9.86. The van der Waals surface area contributed by atoms with Crippen LogP contribution >= 0.6 is 11.3 Å². The first-order chi connectivity index (χ1) is 10.1.